The normalized spacial score (nSPS) is 14.6. The molecule has 3 aromatic heterocycles. The van der Waals surface area contributed by atoms with E-state index < -0.39 is 6.03 Å². The molecule has 0 spiro atoms. The highest BCUT2D eigenvalue weighted by atomic mass is 32.1. The van der Waals surface area contributed by atoms with Crippen LogP contribution in [0.3, 0.4) is 0 Å². The van der Waals surface area contributed by atoms with Gasteiger partial charge in [-0.25, -0.2) is 24.1 Å². The standard InChI is InChI=1S/C33H26FN7O3S/c34-22-3-1-2-20(16-22)18-40-11-10-21-17-25(8-9-26(21)40)41-30-27-28(38-33(41)43)29(45-32(27)36-19-35-30)31(42)37-23-4-6-24(7-5-23)39-12-14-44-15-13-39/h1-11,16-17,19H,12-15,18H2,(H,37,42)(H,38,43). The summed E-state index contributed by atoms with van der Waals surface area (Å²) in [5.74, 6) is -0.208. The Bertz CT molecular complexity index is 2100. The summed E-state index contributed by atoms with van der Waals surface area (Å²) in [6.07, 6.45) is 3.35. The SMILES string of the molecule is O=C(Nc1ccc(N2CCOCC2)cc1)c1sc2ncnc3c2c1NC(=O)N3c1ccc2c(ccn2Cc2cccc(F)c2)c1. The van der Waals surface area contributed by atoms with E-state index in [9.17, 15) is 14.0 Å². The Morgan fingerprint density at radius 3 is 2.64 bits per heavy atom. The van der Waals surface area contributed by atoms with E-state index in [1.165, 1.54) is 34.7 Å². The van der Waals surface area contributed by atoms with Gasteiger partial charge in [0.25, 0.3) is 5.91 Å². The smallest absolute Gasteiger partial charge is 0.332 e. The van der Waals surface area contributed by atoms with Crippen LogP contribution in [0.4, 0.5) is 37.8 Å². The second kappa shape index (κ2) is 11.0. The number of ether oxygens (including phenoxy) is 1. The van der Waals surface area contributed by atoms with Crippen molar-refractivity contribution in [3.05, 3.63) is 102 Å². The number of amides is 3. The Morgan fingerprint density at radius 2 is 1.82 bits per heavy atom. The summed E-state index contributed by atoms with van der Waals surface area (Å²) in [5.41, 5.74) is 4.53. The minimum absolute atomic E-state index is 0.273. The molecule has 0 aliphatic carbocycles. The molecular formula is C33H26FN7O3S. The van der Waals surface area contributed by atoms with Crippen LogP contribution in [0.5, 0.6) is 0 Å². The van der Waals surface area contributed by atoms with Crippen LogP contribution in [-0.2, 0) is 11.3 Å². The Morgan fingerprint density at radius 1 is 1.00 bits per heavy atom. The van der Waals surface area contributed by atoms with Crippen molar-refractivity contribution >= 4 is 73.0 Å². The molecule has 2 aliphatic heterocycles. The lowest BCUT2D eigenvalue weighted by atomic mass is 10.1. The van der Waals surface area contributed by atoms with E-state index in [4.69, 9.17) is 4.74 Å². The van der Waals surface area contributed by atoms with Crippen molar-refractivity contribution in [2.45, 2.75) is 6.54 Å². The molecule has 1 saturated heterocycles. The molecule has 0 atom stereocenters. The molecule has 6 aromatic rings. The molecule has 2 N–H and O–H groups in total. The van der Waals surface area contributed by atoms with Gasteiger partial charge in [0.1, 0.15) is 21.9 Å². The lowest BCUT2D eigenvalue weighted by molar-refractivity contribution is 0.103. The van der Waals surface area contributed by atoms with Crippen molar-refractivity contribution in [1.29, 1.82) is 0 Å². The molecular weight excluding hydrogens is 593 g/mol. The molecule has 10 nitrogen and oxygen atoms in total. The van der Waals surface area contributed by atoms with Crippen LogP contribution < -0.4 is 20.4 Å². The minimum atomic E-state index is -0.427. The summed E-state index contributed by atoms with van der Waals surface area (Å²) >= 11 is 1.21. The summed E-state index contributed by atoms with van der Waals surface area (Å²) in [6.45, 7) is 3.56. The lowest BCUT2D eigenvalue weighted by Crippen LogP contribution is -2.36. The topological polar surface area (TPSA) is 105 Å². The number of aromatic nitrogens is 3. The van der Waals surface area contributed by atoms with Crippen LogP contribution in [-0.4, -0.2) is 52.8 Å². The number of hydrogen-bond acceptors (Lipinski definition) is 7. The number of halogens is 1. The number of urea groups is 1. The molecule has 0 radical (unpaired) electrons. The zero-order valence-corrected chi connectivity index (χ0v) is 24.7. The zero-order valence-electron chi connectivity index (χ0n) is 23.9. The number of thiophene rings is 1. The maximum atomic E-state index is 13.7. The monoisotopic (exact) mass is 619 g/mol. The van der Waals surface area contributed by atoms with Crippen LogP contribution in [0.1, 0.15) is 15.2 Å². The number of morpholine rings is 1. The molecule has 8 rings (SSSR count). The average molecular weight is 620 g/mol. The van der Waals surface area contributed by atoms with Crippen LogP contribution >= 0.6 is 11.3 Å². The molecule has 2 aliphatic rings. The van der Waals surface area contributed by atoms with Gasteiger partial charge in [-0.1, -0.05) is 12.1 Å². The summed E-state index contributed by atoms with van der Waals surface area (Å²) in [6, 6.07) is 21.5. The van der Waals surface area contributed by atoms with Crippen LogP contribution in [0.25, 0.3) is 21.1 Å². The predicted molar refractivity (Wildman–Crippen MR) is 173 cm³/mol. The van der Waals surface area contributed by atoms with Gasteiger partial charge in [-0.05, 0) is 66.2 Å². The first-order valence-electron chi connectivity index (χ1n) is 14.5. The highest BCUT2D eigenvalue weighted by molar-refractivity contribution is 7.21. The van der Waals surface area contributed by atoms with Gasteiger partial charge < -0.3 is 24.8 Å². The van der Waals surface area contributed by atoms with E-state index in [1.54, 1.807) is 6.07 Å². The number of nitrogens with zero attached hydrogens (tertiary/aromatic N) is 5. The second-order valence-electron chi connectivity index (χ2n) is 10.9. The van der Waals surface area contributed by atoms with E-state index in [-0.39, 0.29) is 11.7 Å². The number of fused-ring (bicyclic) bond motifs is 1. The summed E-state index contributed by atoms with van der Waals surface area (Å²) < 4.78 is 21.2. The Hall–Kier alpha value is -5.33. The number of nitrogens with one attached hydrogen (secondary N) is 2. The first-order chi connectivity index (χ1) is 22.0. The number of rotatable bonds is 6. The third-order valence-corrected chi connectivity index (χ3v) is 9.17. The van der Waals surface area contributed by atoms with Gasteiger partial charge in [-0.15, -0.1) is 11.3 Å². The molecule has 1 fully saturated rings. The van der Waals surface area contributed by atoms with Gasteiger partial charge in [-0.3, -0.25) is 4.79 Å². The first kappa shape index (κ1) is 27.2. The summed E-state index contributed by atoms with van der Waals surface area (Å²) in [5, 5.41) is 7.41. The maximum Gasteiger partial charge on any atom is 0.332 e. The van der Waals surface area contributed by atoms with Gasteiger partial charge >= 0.3 is 6.03 Å². The van der Waals surface area contributed by atoms with E-state index in [2.05, 4.69) is 25.5 Å². The molecule has 0 bridgehead atoms. The van der Waals surface area contributed by atoms with E-state index >= 15 is 0 Å². The number of benzene rings is 3. The van der Waals surface area contributed by atoms with Gasteiger partial charge in [0.2, 0.25) is 0 Å². The van der Waals surface area contributed by atoms with Gasteiger partial charge in [-0.2, -0.15) is 0 Å². The third-order valence-electron chi connectivity index (χ3n) is 8.08. The van der Waals surface area contributed by atoms with Crippen molar-refractivity contribution in [3.8, 4) is 0 Å². The Labute approximate surface area is 260 Å². The molecule has 3 amide bonds. The maximum absolute atomic E-state index is 13.7. The molecule has 0 unspecified atom stereocenters. The molecule has 12 heteroatoms. The number of carbonyl (C=O) groups excluding carboxylic acids is 2. The largest absolute Gasteiger partial charge is 0.378 e. The Balaban J connectivity index is 1.08. The summed E-state index contributed by atoms with van der Waals surface area (Å²) in [7, 11) is 0. The summed E-state index contributed by atoms with van der Waals surface area (Å²) in [4.78, 5) is 40.7. The molecule has 5 heterocycles. The van der Waals surface area contributed by atoms with Crippen molar-refractivity contribution in [1.82, 2.24) is 14.5 Å². The zero-order chi connectivity index (χ0) is 30.5. The predicted octanol–water partition coefficient (Wildman–Crippen LogP) is 6.61. The molecule has 3 aromatic carbocycles. The first-order valence-corrected chi connectivity index (χ1v) is 15.3. The van der Waals surface area contributed by atoms with Crippen molar-refractivity contribution < 1.29 is 18.7 Å². The third kappa shape index (κ3) is 4.93. The number of carbonyl (C=O) groups is 2. The highest BCUT2D eigenvalue weighted by Crippen LogP contribution is 2.45. The fourth-order valence-corrected chi connectivity index (χ4v) is 6.91. The Kier molecular flexibility index (Phi) is 6.65. The van der Waals surface area contributed by atoms with Gasteiger partial charge in [0.15, 0.2) is 5.82 Å². The van der Waals surface area contributed by atoms with Crippen molar-refractivity contribution in [3.63, 3.8) is 0 Å². The van der Waals surface area contributed by atoms with E-state index in [0.717, 1.165) is 35.2 Å². The van der Waals surface area contributed by atoms with Crippen LogP contribution in [0.15, 0.2) is 85.3 Å². The number of hydrogen-bond donors (Lipinski definition) is 2. The fraction of sp³-hybridized carbons (Fsp3) is 0.152. The lowest BCUT2D eigenvalue weighted by Gasteiger charge is -2.29. The van der Waals surface area contributed by atoms with Crippen LogP contribution in [0.2, 0.25) is 0 Å². The van der Waals surface area contributed by atoms with E-state index in [1.807, 2.05) is 65.4 Å². The minimum Gasteiger partial charge on any atom is -0.378 e. The van der Waals surface area contributed by atoms with Gasteiger partial charge in [0.05, 0.1) is 30.0 Å². The molecule has 0 saturated carbocycles. The fourth-order valence-electron chi connectivity index (χ4n) is 5.93. The van der Waals surface area contributed by atoms with Crippen molar-refractivity contribution in [2.75, 3.05) is 46.7 Å². The van der Waals surface area contributed by atoms with Crippen molar-refractivity contribution in [2.24, 2.45) is 0 Å². The average Bonchev–Trinajstić information content (AvgIpc) is 3.63. The van der Waals surface area contributed by atoms with Gasteiger partial charge in [0, 0.05) is 48.1 Å². The number of anilines is 5. The highest BCUT2D eigenvalue weighted by Gasteiger charge is 2.34. The van der Waals surface area contributed by atoms with E-state index in [0.29, 0.717) is 57.7 Å². The van der Waals surface area contributed by atoms with Crippen LogP contribution in [0, 0.1) is 5.82 Å². The molecule has 224 valence electrons. The second-order valence-corrected chi connectivity index (χ2v) is 11.9. The molecule has 45 heavy (non-hydrogen) atoms. The quantitative estimate of drug-likeness (QED) is 0.218.